The van der Waals surface area contributed by atoms with Crippen molar-refractivity contribution in [2.75, 3.05) is 0 Å². The smallest absolute Gasteiger partial charge is 1.00 e. The van der Waals surface area contributed by atoms with E-state index in [1.807, 2.05) is 0 Å². The monoisotopic (exact) mass is 255 g/mol. The molecule has 0 rings (SSSR count). The van der Waals surface area contributed by atoms with Gasteiger partial charge in [-0.25, -0.2) is 0 Å². The van der Waals surface area contributed by atoms with Gasteiger partial charge in [0.25, 0.3) is 0 Å². The first-order valence-corrected chi connectivity index (χ1v) is 0. The van der Waals surface area contributed by atoms with Gasteiger partial charge in [-0.2, -0.15) is 13.5 Å². The Balaban J connectivity index is 0. The summed E-state index contributed by atoms with van der Waals surface area (Å²) in [4.78, 5) is 0. The van der Waals surface area contributed by atoms with Crippen molar-refractivity contribution in [1.29, 1.82) is 0 Å². The van der Waals surface area contributed by atoms with Crippen molar-refractivity contribution in [3.63, 3.8) is 0 Å². The van der Waals surface area contributed by atoms with Gasteiger partial charge < -0.3 is 11.9 Å². The molecule has 0 aromatic heterocycles. The zero-order chi connectivity index (χ0) is 0. The minimum absolute atomic E-state index is 0. The number of rotatable bonds is 0. The summed E-state index contributed by atoms with van der Waals surface area (Å²) in [5.74, 6) is 0. The Labute approximate surface area is 133 Å². The maximum atomic E-state index is 0. The standard InChI is InChI=1S/Ca.Fe.Mg.H3N.H2S.H4Si.Ti.4H/h;;;1H3;1H2;1H4;;;;;/q+2;;+2;;;;;4*-1. The number of hydrogen-bond donors (Lipinski definition) is 1. The first-order valence-electron chi connectivity index (χ1n) is 0. The molecular formula is H13CaFeMgNSSiTi. The fraction of sp³-hybridized carbons (Fsp3) is 0. The van der Waals surface area contributed by atoms with Crippen LogP contribution in [-0.4, -0.2) is 71.8 Å². The second kappa shape index (κ2) is 52.7. The molecule has 7 heavy (non-hydrogen) atoms. The molecule has 3 N–H and O–H groups in total. The van der Waals surface area contributed by atoms with Gasteiger partial charge in [0.2, 0.25) is 0 Å². The molecule has 0 saturated carbocycles. The van der Waals surface area contributed by atoms with Crippen LogP contribution in [0.4, 0.5) is 0 Å². The second-order valence-electron chi connectivity index (χ2n) is 0. The van der Waals surface area contributed by atoms with Crippen LogP contribution in [0.3, 0.4) is 0 Å². The zero-order valence-electron chi connectivity index (χ0n) is 7.47. The molecule has 0 heterocycles. The van der Waals surface area contributed by atoms with E-state index in [0.29, 0.717) is 0 Å². The number of hydrogen-bond acceptors (Lipinski definition) is 1. The Morgan fingerprint density at radius 2 is 1.14 bits per heavy atom. The van der Waals surface area contributed by atoms with E-state index in [-0.39, 0.29) is 136 Å². The van der Waals surface area contributed by atoms with Crippen LogP contribution in [0.15, 0.2) is 0 Å². The third kappa shape index (κ3) is 41.4. The van der Waals surface area contributed by atoms with E-state index in [4.69, 9.17) is 0 Å². The summed E-state index contributed by atoms with van der Waals surface area (Å²) in [7, 11) is 0. The average Bonchev–Trinajstić information content (AvgIpc) is 0. The summed E-state index contributed by atoms with van der Waals surface area (Å²) in [6.45, 7) is 0. The first-order chi connectivity index (χ1) is 0. The molecule has 0 radical (unpaired) electrons. The van der Waals surface area contributed by atoms with Crippen molar-refractivity contribution in [3.8, 4) is 0 Å². The van der Waals surface area contributed by atoms with Gasteiger partial charge in [-0.15, -0.1) is 0 Å². The van der Waals surface area contributed by atoms with Gasteiger partial charge in [0.05, 0.1) is 0 Å². The van der Waals surface area contributed by atoms with E-state index in [0.717, 1.165) is 0 Å². The fourth-order valence-electron chi connectivity index (χ4n) is 0. The van der Waals surface area contributed by atoms with Crippen molar-refractivity contribution in [3.05, 3.63) is 0 Å². The van der Waals surface area contributed by atoms with Crippen molar-refractivity contribution in [1.82, 2.24) is 6.15 Å². The largest absolute Gasteiger partial charge is 2.00 e. The fourth-order valence-corrected chi connectivity index (χ4v) is 0. The van der Waals surface area contributed by atoms with E-state index in [1.54, 1.807) is 0 Å². The van der Waals surface area contributed by atoms with Crippen LogP contribution in [-0.2, 0) is 38.8 Å². The molecule has 0 amide bonds. The maximum Gasteiger partial charge on any atom is 2.00 e. The van der Waals surface area contributed by atoms with Crippen LogP contribution in [0.25, 0.3) is 0 Å². The van der Waals surface area contributed by atoms with E-state index < -0.39 is 0 Å². The van der Waals surface area contributed by atoms with Gasteiger partial charge in [-0.3, -0.25) is 0 Å². The molecule has 44 valence electrons. The third-order valence-corrected chi connectivity index (χ3v) is 0. The molecule has 0 saturated heterocycles. The molecule has 0 atom stereocenters. The van der Waals surface area contributed by atoms with Crippen LogP contribution >= 0.6 is 13.5 Å². The van der Waals surface area contributed by atoms with Gasteiger partial charge in [0.1, 0.15) is 0 Å². The normalized spacial score (nSPS) is 0. The van der Waals surface area contributed by atoms with Crippen LogP contribution in [0, 0.1) is 0 Å². The van der Waals surface area contributed by atoms with Crippen LogP contribution in [0.1, 0.15) is 5.71 Å². The molecule has 7 heteroatoms. The van der Waals surface area contributed by atoms with Crippen LogP contribution < -0.4 is 6.15 Å². The summed E-state index contributed by atoms with van der Waals surface area (Å²) in [5, 5.41) is 0. The predicted molar refractivity (Wildman–Crippen MR) is 42.7 cm³/mol. The van der Waals surface area contributed by atoms with Crippen LogP contribution in [0.2, 0.25) is 0 Å². The molecule has 0 aliphatic heterocycles. The van der Waals surface area contributed by atoms with Gasteiger partial charge >= 0.3 is 60.8 Å². The summed E-state index contributed by atoms with van der Waals surface area (Å²) in [6.07, 6.45) is 0. The van der Waals surface area contributed by atoms with Crippen molar-refractivity contribution < 1.29 is 44.5 Å². The Morgan fingerprint density at radius 3 is 1.14 bits per heavy atom. The summed E-state index contributed by atoms with van der Waals surface area (Å²) < 4.78 is 0. The second-order valence-corrected chi connectivity index (χ2v) is 0. The quantitative estimate of drug-likeness (QED) is 0.526. The molecule has 0 aromatic rings. The van der Waals surface area contributed by atoms with E-state index in [1.165, 1.54) is 0 Å². The maximum absolute atomic E-state index is 0. The van der Waals surface area contributed by atoms with Crippen LogP contribution in [0.5, 0.6) is 0 Å². The molecule has 0 aromatic carbocycles. The predicted octanol–water partition coefficient (Wildman–Crippen LogP) is -1.49. The molecule has 0 aliphatic rings. The molecule has 0 spiro atoms. The van der Waals surface area contributed by atoms with Gasteiger partial charge in [-0.05, 0) is 11.0 Å². The molecule has 0 unspecified atom stereocenters. The van der Waals surface area contributed by atoms with E-state index >= 15 is 0 Å². The Morgan fingerprint density at radius 1 is 1.14 bits per heavy atom. The summed E-state index contributed by atoms with van der Waals surface area (Å²) >= 11 is 0. The molecule has 1 nitrogen and oxygen atoms in total. The van der Waals surface area contributed by atoms with Crippen molar-refractivity contribution in [2.24, 2.45) is 0 Å². The topological polar surface area (TPSA) is 35.0 Å². The third-order valence-electron chi connectivity index (χ3n) is 0. The molecule has 0 aliphatic carbocycles. The molecular weight excluding hydrogens is 242 g/mol. The average molecular weight is 255 g/mol. The Kier molecular flexibility index (Phi) is 542. The Hall–Kier alpha value is 3.79. The molecule has 0 bridgehead atoms. The van der Waals surface area contributed by atoms with E-state index in [9.17, 15) is 0 Å². The Bertz CT molecular complexity index is 30.1. The van der Waals surface area contributed by atoms with Gasteiger partial charge in [-0.1, -0.05) is 0 Å². The van der Waals surface area contributed by atoms with Crippen molar-refractivity contribution in [2.45, 2.75) is 0 Å². The van der Waals surface area contributed by atoms with Gasteiger partial charge in [0.15, 0.2) is 0 Å². The SMILES string of the molecule is N.S.[Ca+2].[Fe].[H-].[H-].[H-].[H-].[Mg+2].[SiH4].[Ti]. The summed E-state index contributed by atoms with van der Waals surface area (Å²) in [5.41, 5.74) is 0. The first kappa shape index (κ1) is 72.1. The minimum atomic E-state index is 0. The molecule has 0 fully saturated rings. The van der Waals surface area contributed by atoms with Crippen molar-refractivity contribution >= 4 is 85.3 Å². The zero-order valence-corrected chi connectivity index (χ0v) is 10.8. The van der Waals surface area contributed by atoms with Gasteiger partial charge in [0, 0.05) is 38.8 Å². The summed E-state index contributed by atoms with van der Waals surface area (Å²) in [6, 6.07) is 0. The minimum Gasteiger partial charge on any atom is -1.00 e. The van der Waals surface area contributed by atoms with E-state index in [2.05, 4.69) is 0 Å².